The van der Waals surface area contributed by atoms with E-state index in [1.165, 1.54) is 31.4 Å². The maximum atomic E-state index is 4.53. The number of dihydropyridines is 1. The lowest BCUT2D eigenvalue weighted by Gasteiger charge is -2.24. The van der Waals surface area contributed by atoms with Crippen molar-refractivity contribution in [2.75, 3.05) is 6.54 Å². The van der Waals surface area contributed by atoms with E-state index >= 15 is 0 Å². The highest BCUT2D eigenvalue weighted by molar-refractivity contribution is 6.01. The van der Waals surface area contributed by atoms with Gasteiger partial charge in [-0.05, 0) is 37.2 Å². The van der Waals surface area contributed by atoms with E-state index in [0.717, 1.165) is 12.5 Å². The van der Waals surface area contributed by atoms with Crippen molar-refractivity contribution in [1.29, 1.82) is 0 Å². The van der Waals surface area contributed by atoms with Crippen LogP contribution in [0.3, 0.4) is 0 Å². The molecule has 60 valence electrons. The van der Waals surface area contributed by atoms with Crippen molar-refractivity contribution < 1.29 is 0 Å². The Balaban J connectivity index is 2.16. The summed E-state index contributed by atoms with van der Waals surface area (Å²) in [6, 6.07) is 0. The van der Waals surface area contributed by atoms with E-state index in [2.05, 4.69) is 18.0 Å². The quantitative estimate of drug-likeness (QED) is 0.502. The molecule has 2 aliphatic rings. The lowest BCUT2D eigenvalue weighted by Crippen LogP contribution is -2.17. The van der Waals surface area contributed by atoms with Crippen molar-refractivity contribution in [2.45, 2.75) is 32.6 Å². The number of nitrogens with zero attached hydrogens (tertiary/aromatic N) is 1. The number of allylic oxidation sites excluding steroid dienone is 1. The molecule has 11 heavy (non-hydrogen) atoms. The number of fused-ring (bicyclic) bond motifs is 1. The van der Waals surface area contributed by atoms with Gasteiger partial charge in [0, 0.05) is 12.3 Å². The van der Waals surface area contributed by atoms with Crippen LogP contribution in [0, 0.1) is 5.92 Å². The van der Waals surface area contributed by atoms with Gasteiger partial charge in [0.1, 0.15) is 0 Å². The lowest BCUT2D eigenvalue weighted by molar-refractivity contribution is 0.523. The topological polar surface area (TPSA) is 12.4 Å². The van der Waals surface area contributed by atoms with E-state index in [1.54, 1.807) is 5.57 Å². The Hall–Kier alpha value is -0.590. The van der Waals surface area contributed by atoms with E-state index in [1.807, 2.05) is 0 Å². The summed E-state index contributed by atoms with van der Waals surface area (Å²) in [5, 5.41) is 0. The summed E-state index contributed by atoms with van der Waals surface area (Å²) < 4.78 is 0. The van der Waals surface area contributed by atoms with Crippen molar-refractivity contribution in [1.82, 2.24) is 0 Å². The fraction of sp³-hybridized carbons (Fsp3) is 0.700. The first-order chi connectivity index (χ1) is 5.36. The maximum absolute atomic E-state index is 4.53. The van der Waals surface area contributed by atoms with Gasteiger partial charge in [-0.3, -0.25) is 4.99 Å². The zero-order valence-electron chi connectivity index (χ0n) is 7.14. The Morgan fingerprint density at radius 2 is 2.45 bits per heavy atom. The predicted molar refractivity (Wildman–Crippen MR) is 48.0 cm³/mol. The van der Waals surface area contributed by atoms with Crippen molar-refractivity contribution in [3.63, 3.8) is 0 Å². The van der Waals surface area contributed by atoms with Crippen LogP contribution < -0.4 is 0 Å². The monoisotopic (exact) mass is 149 g/mol. The van der Waals surface area contributed by atoms with Crippen LogP contribution >= 0.6 is 0 Å². The molecule has 0 aromatic heterocycles. The van der Waals surface area contributed by atoms with Gasteiger partial charge in [0.2, 0.25) is 0 Å². The zero-order valence-corrected chi connectivity index (χ0v) is 7.14. The molecule has 1 heteroatoms. The molecule has 1 unspecified atom stereocenters. The minimum Gasteiger partial charge on any atom is -0.289 e. The first kappa shape index (κ1) is 7.08. The molecule has 1 nitrogen and oxygen atoms in total. The Labute approximate surface area is 68.2 Å². The molecule has 2 rings (SSSR count). The second-order valence-corrected chi connectivity index (χ2v) is 3.69. The highest BCUT2D eigenvalue weighted by Crippen LogP contribution is 2.28. The van der Waals surface area contributed by atoms with Gasteiger partial charge >= 0.3 is 0 Å². The highest BCUT2D eigenvalue weighted by atomic mass is 14.7. The number of rotatable bonds is 0. The normalized spacial score (nSPS) is 30.5. The molecule has 1 fully saturated rings. The third-order valence-electron chi connectivity index (χ3n) is 2.64. The van der Waals surface area contributed by atoms with Crippen molar-refractivity contribution in [3.05, 3.63) is 11.6 Å². The van der Waals surface area contributed by atoms with Crippen LogP contribution in [0.4, 0.5) is 0 Å². The van der Waals surface area contributed by atoms with Gasteiger partial charge in [-0.2, -0.15) is 0 Å². The minimum atomic E-state index is 0.887. The fourth-order valence-electron chi connectivity index (χ4n) is 1.96. The summed E-state index contributed by atoms with van der Waals surface area (Å²) in [5.74, 6) is 0.887. The maximum Gasteiger partial charge on any atom is 0.0427 e. The van der Waals surface area contributed by atoms with E-state index in [9.17, 15) is 0 Å². The van der Waals surface area contributed by atoms with E-state index in [4.69, 9.17) is 0 Å². The number of hydrogen-bond donors (Lipinski definition) is 0. The summed E-state index contributed by atoms with van der Waals surface area (Å²) in [5.41, 5.74) is 2.96. The van der Waals surface area contributed by atoms with Crippen LogP contribution in [0.1, 0.15) is 32.6 Å². The Bertz CT molecular complexity index is 213. The number of aliphatic imine (C=N–C) groups is 1. The lowest BCUT2D eigenvalue weighted by atomic mass is 9.84. The molecule has 0 amide bonds. The summed E-state index contributed by atoms with van der Waals surface area (Å²) in [7, 11) is 0. The smallest absolute Gasteiger partial charge is 0.0427 e. The van der Waals surface area contributed by atoms with Gasteiger partial charge in [-0.25, -0.2) is 0 Å². The Morgan fingerprint density at radius 3 is 3.36 bits per heavy atom. The second kappa shape index (κ2) is 2.80. The van der Waals surface area contributed by atoms with Crippen LogP contribution in [0.2, 0.25) is 0 Å². The average Bonchev–Trinajstić information content (AvgIpc) is 2.04. The van der Waals surface area contributed by atoms with Gasteiger partial charge in [0.25, 0.3) is 0 Å². The van der Waals surface area contributed by atoms with Crippen molar-refractivity contribution >= 4 is 5.71 Å². The molecule has 1 atom stereocenters. The van der Waals surface area contributed by atoms with Crippen LogP contribution in [0.5, 0.6) is 0 Å². The molecule has 1 saturated carbocycles. The minimum absolute atomic E-state index is 0.887. The predicted octanol–water partition coefficient (Wildman–Crippen LogP) is 2.58. The third-order valence-corrected chi connectivity index (χ3v) is 2.64. The first-order valence-corrected chi connectivity index (χ1v) is 4.59. The molecule has 1 aliphatic carbocycles. The molecule has 0 saturated heterocycles. The molecule has 0 aromatic rings. The van der Waals surface area contributed by atoms with E-state index < -0.39 is 0 Å². The summed E-state index contributed by atoms with van der Waals surface area (Å²) in [6.07, 6.45) is 7.41. The average molecular weight is 149 g/mol. The van der Waals surface area contributed by atoms with Gasteiger partial charge in [0.05, 0.1) is 0 Å². The summed E-state index contributed by atoms with van der Waals surface area (Å²) >= 11 is 0. The van der Waals surface area contributed by atoms with Gasteiger partial charge in [-0.1, -0.05) is 13.0 Å². The summed E-state index contributed by atoms with van der Waals surface area (Å²) in [4.78, 5) is 4.53. The van der Waals surface area contributed by atoms with Crippen LogP contribution in [-0.2, 0) is 0 Å². The SMILES string of the molecule is CC1CCC2=NCCC=C2C1. The fourth-order valence-corrected chi connectivity index (χ4v) is 1.96. The van der Waals surface area contributed by atoms with Crippen LogP contribution in [0.25, 0.3) is 0 Å². The zero-order chi connectivity index (χ0) is 7.68. The molecular formula is C10H15N. The number of hydrogen-bond acceptors (Lipinski definition) is 1. The second-order valence-electron chi connectivity index (χ2n) is 3.69. The van der Waals surface area contributed by atoms with E-state index in [0.29, 0.717) is 0 Å². The first-order valence-electron chi connectivity index (χ1n) is 4.59. The van der Waals surface area contributed by atoms with Gasteiger partial charge < -0.3 is 0 Å². The largest absolute Gasteiger partial charge is 0.289 e. The molecule has 1 aliphatic heterocycles. The van der Waals surface area contributed by atoms with Crippen LogP contribution in [-0.4, -0.2) is 12.3 Å². The van der Waals surface area contributed by atoms with Crippen molar-refractivity contribution in [3.8, 4) is 0 Å². The third kappa shape index (κ3) is 1.37. The molecule has 1 heterocycles. The molecule has 0 spiro atoms. The highest BCUT2D eigenvalue weighted by Gasteiger charge is 2.19. The van der Waals surface area contributed by atoms with Crippen molar-refractivity contribution in [2.24, 2.45) is 10.9 Å². The molecule has 0 N–H and O–H groups in total. The molecular weight excluding hydrogens is 134 g/mol. The van der Waals surface area contributed by atoms with Gasteiger partial charge in [-0.15, -0.1) is 0 Å². The molecule has 0 radical (unpaired) electrons. The summed E-state index contributed by atoms with van der Waals surface area (Å²) in [6.45, 7) is 3.37. The van der Waals surface area contributed by atoms with E-state index in [-0.39, 0.29) is 0 Å². The molecule has 0 bridgehead atoms. The van der Waals surface area contributed by atoms with Crippen LogP contribution in [0.15, 0.2) is 16.6 Å². The molecule has 0 aromatic carbocycles. The standard InChI is InChI=1S/C10H15N/c1-8-4-5-10-9(7-8)3-2-6-11-10/h3,8H,2,4-7H2,1H3. The Kier molecular flexibility index (Phi) is 1.80. The van der Waals surface area contributed by atoms with Gasteiger partial charge in [0.15, 0.2) is 0 Å². The Morgan fingerprint density at radius 1 is 1.55 bits per heavy atom.